The third kappa shape index (κ3) is 6.25. The van der Waals surface area contributed by atoms with Crippen molar-refractivity contribution in [1.82, 2.24) is 10.2 Å². The normalized spacial score (nSPS) is 11.1. The minimum atomic E-state index is -3.69. The minimum absolute atomic E-state index is 0.138. The van der Waals surface area contributed by atoms with Gasteiger partial charge in [-0.3, -0.25) is 0 Å². The van der Waals surface area contributed by atoms with E-state index in [0.29, 0.717) is 12.1 Å². The highest BCUT2D eigenvalue weighted by molar-refractivity contribution is 7.87. The molecule has 0 aliphatic heterocycles. The van der Waals surface area contributed by atoms with Gasteiger partial charge < -0.3 is 14.4 Å². The molecule has 0 radical (unpaired) electrons. The van der Waals surface area contributed by atoms with Crippen LogP contribution in [0.1, 0.15) is 25.0 Å². The highest BCUT2D eigenvalue weighted by atomic mass is 32.2. The summed E-state index contributed by atoms with van der Waals surface area (Å²) in [5, 5.41) is 2.73. The zero-order chi connectivity index (χ0) is 19.9. The number of benzene rings is 2. The molecule has 2 rings (SSSR count). The Kier molecular flexibility index (Phi) is 7.18. The first-order chi connectivity index (χ1) is 12.8. The summed E-state index contributed by atoms with van der Waals surface area (Å²) >= 11 is 0. The van der Waals surface area contributed by atoms with Crippen molar-refractivity contribution in [1.29, 1.82) is 0 Å². The van der Waals surface area contributed by atoms with Crippen molar-refractivity contribution >= 4 is 16.1 Å². The van der Waals surface area contributed by atoms with Crippen LogP contribution in [0.2, 0.25) is 0 Å². The van der Waals surface area contributed by atoms with Gasteiger partial charge in [0.2, 0.25) is 0 Å². The number of hydrogen-bond donors (Lipinski definition) is 1. The fraction of sp³-hybridized carbons (Fsp3) is 0.316. The lowest BCUT2D eigenvalue weighted by Crippen LogP contribution is -2.39. The summed E-state index contributed by atoms with van der Waals surface area (Å²) in [4.78, 5) is 14.0. The lowest BCUT2D eigenvalue weighted by molar-refractivity contribution is 0.192. The summed E-state index contributed by atoms with van der Waals surface area (Å²) < 4.78 is 41.9. The van der Waals surface area contributed by atoms with Crippen LogP contribution in [0.3, 0.4) is 0 Å². The highest BCUT2D eigenvalue weighted by Crippen LogP contribution is 2.23. The van der Waals surface area contributed by atoms with Crippen LogP contribution >= 0.6 is 0 Å². The van der Waals surface area contributed by atoms with Crippen molar-refractivity contribution in [3.63, 3.8) is 0 Å². The first kappa shape index (κ1) is 20.7. The molecule has 0 spiro atoms. The van der Waals surface area contributed by atoms with Gasteiger partial charge in [0.05, 0.1) is 12.3 Å². The molecule has 1 N–H and O–H groups in total. The largest absolute Gasteiger partial charge is 0.382 e. The van der Waals surface area contributed by atoms with Gasteiger partial charge in [0.25, 0.3) is 0 Å². The molecular formula is C19H23FN2O4S. The second kappa shape index (κ2) is 9.36. The van der Waals surface area contributed by atoms with Gasteiger partial charge in [-0.2, -0.15) is 8.42 Å². The monoisotopic (exact) mass is 394 g/mol. The Bertz CT molecular complexity index is 870. The zero-order valence-corrected chi connectivity index (χ0v) is 16.1. The maximum atomic E-state index is 13.1. The average Bonchev–Trinajstić information content (AvgIpc) is 2.64. The molecular weight excluding hydrogens is 371 g/mol. The van der Waals surface area contributed by atoms with Crippen molar-refractivity contribution in [2.45, 2.75) is 26.9 Å². The van der Waals surface area contributed by atoms with Gasteiger partial charge in [-0.15, -0.1) is 0 Å². The first-order valence-electron chi connectivity index (χ1n) is 8.62. The number of para-hydroxylation sites is 1. The predicted octanol–water partition coefficient (Wildman–Crippen LogP) is 3.29. The smallest absolute Gasteiger partial charge is 0.317 e. The van der Waals surface area contributed by atoms with Crippen LogP contribution in [0.25, 0.3) is 0 Å². The summed E-state index contributed by atoms with van der Waals surface area (Å²) in [6.07, 6.45) is 0. The third-order valence-corrected chi connectivity index (χ3v) is 4.95. The van der Waals surface area contributed by atoms with Crippen LogP contribution in [0, 0.1) is 5.82 Å². The topological polar surface area (TPSA) is 75.7 Å². The third-order valence-electron chi connectivity index (χ3n) is 3.81. The molecule has 6 nitrogen and oxygen atoms in total. The Labute approximate surface area is 159 Å². The van der Waals surface area contributed by atoms with Gasteiger partial charge >= 0.3 is 16.1 Å². The molecule has 0 heterocycles. The number of rotatable bonds is 8. The molecule has 0 unspecified atom stereocenters. The van der Waals surface area contributed by atoms with E-state index in [2.05, 4.69) is 5.32 Å². The average molecular weight is 394 g/mol. The van der Waals surface area contributed by atoms with Crippen molar-refractivity contribution in [2.24, 2.45) is 0 Å². The van der Waals surface area contributed by atoms with Crippen LogP contribution in [-0.2, 0) is 23.2 Å². The fourth-order valence-electron chi connectivity index (χ4n) is 2.39. The van der Waals surface area contributed by atoms with E-state index < -0.39 is 10.1 Å². The summed E-state index contributed by atoms with van der Waals surface area (Å²) in [6.45, 7) is 4.12. The molecule has 27 heavy (non-hydrogen) atoms. The molecule has 8 heteroatoms. The van der Waals surface area contributed by atoms with Crippen LogP contribution in [-0.4, -0.2) is 31.6 Å². The second-order valence-electron chi connectivity index (χ2n) is 5.86. The molecule has 2 aromatic carbocycles. The molecule has 146 valence electrons. The summed E-state index contributed by atoms with van der Waals surface area (Å²) in [7, 11) is -3.69. The van der Waals surface area contributed by atoms with E-state index in [-0.39, 0.29) is 36.4 Å². The van der Waals surface area contributed by atoms with Crippen molar-refractivity contribution in [3.05, 3.63) is 65.5 Å². The predicted molar refractivity (Wildman–Crippen MR) is 101 cm³/mol. The molecule has 0 bridgehead atoms. The maximum Gasteiger partial charge on any atom is 0.317 e. The van der Waals surface area contributed by atoms with E-state index in [0.717, 1.165) is 5.56 Å². The Morgan fingerprint density at radius 3 is 2.37 bits per heavy atom. The van der Waals surface area contributed by atoms with Gasteiger partial charge in [-0.1, -0.05) is 30.3 Å². The Balaban J connectivity index is 2.27. The molecule has 0 fully saturated rings. The van der Waals surface area contributed by atoms with Crippen LogP contribution < -0.4 is 9.50 Å². The molecule has 0 atom stereocenters. The molecule has 0 aliphatic carbocycles. The first-order valence-corrected chi connectivity index (χ1v) is 10.2. The van der Waals surface area contributed by atoms with E-state index in [1.54, 1.807) is 43.3 Å². The van der Waals surface area contributed by atoms with E-state index >= 15 is 0 Å². The number of halogens is 1. The van der Waals surface area contributed by atoms with Gasteiger partial charge in [-0.05, 0) is 37.6 Å². The highest BCUT2D eigenvalue weighted by Gasteiger charge is 2.18. The quantitative estimate of drug-likeness (QED) is 0.697. The maximum absolute atomic E-state index is 13.1. The van der Waals surface area contributed by atoms with E-state index in [4.69, 9.17) is 4.18 Å². The van der Waals surface area contributed by atoms with E-state index in [9.17, 15) is 17.6 Å². The Morgan fingerprint density at radius 1 is 1.07 bits per heavy atom. The minimum Gasteiger partial charge on any atom is -0.382 e. The number of amides is 2. The van der Waals surface area contributed by atoms with Gasteiger partial charge in [-0.25, -0.2) is 9.18 Å². The molecule has 2 aromatic rings. The summed E-state index contributed by atoms with van der Waals surface area (Å²) in [6, 6.07) is 12.2. The van der Waals surface area contributed by atoms with Gasteiger partial charge in [0, 0.05) is 18.7 Å². The van der Waals surface area contributed by atoms with Crippen molar-refractivity contribution in [3.8, 4) is 5.75 Å². The van der Waals surface area contributed by atoms with Gasteiger partial charge in [0.15, 0.2) is 0 Å². The number of hydrogen-bond acceptors (Lipinski definition) is 4. The molecule has 0 saturated heterocycles. The van der Waals surface area contributed by atoms with Crippen molar-refractivity contribution < 1.29 is 21.8 Å². The Morgan fingerprint density at radius 2 is 1.74 bits per heavy atom. The number of nitrogens with one attached hydrogen (secondary N) is 1. The van der Waals surface area contributed by atoms with Crippen LogP contribution in [0.15, 0.2) is 48.5 Å². The Hall–Kier alpha value is -2.61. The number of nitrogens with zero attached hydrogens (tertiary/aromatic N) is 1. The van der Waals surface area contributed by atoms with E-state index in [1.807, 2.05) is 0 Å². The lowest BCUT2D eigenvalue weighted by atomic mass is 10.1. The second-order valence-corrected chi connectivity index (χ2v) is 7.71. The number of urea groups is 1. The zero-order valence-electron chi connectivity index (χ0n) is 15.3. The standard InChI is InChI=1S/C19H23FN2O4S/c1-3-21-19(23)22(13-15-9-11-17(20)12-10-15)14-16-7-5-6-8-18(16)26-27(24,25)4-2/h5-12H,3-4,13-14H2,1-2H3,(H,21,23). The van der Waals surface area contributed by atoms with Crippen LogP contribution in [0.5, 0.6) is 5.75 Å². The fourth-order valence-corrected chi connectivity index (χ4v) is 2.94. The number of carbonyl (C=O) groups excluding carboxylic acids is 1. The summed E-state index contributed by atoms with van der Waals surface area (Å²) in [5.74, 6) is -0.323. The van der Waals surface area contributed by atoms with Crippen molar-refractivity contribution in [2.75, 3.05) is 12.3 Å². The van der Waals surface area contributed by atoms with Crippen LogP contribution in [0.4, 0.5) is 9.18 Å². The van der Waals surface area contributed by atoms with E-state index in [1.165, 1.54) is 24.0 Å². The van der Waals surface area contributed by atoms with Gasteiger partial charge in [0.1, 0.15) is 11.6 Å². The molecule has 0 saturated carbocycles. The molecule has 0 aromatic heterocycles. The molecule has 0 aliphatic rings. The SMILES string of the molecule is CCNC(=O)N(Cc1ccc(F)cc1)Cc1ccccc1OS(=O)(=O)CC. The number of carbonyl (C=O) groups is 1. The lowest BCUT2D eigenvalue weighted by Gasteiger charge is -2.24. The molecule has 2 amide bonds. The summed E-state index contributed by atoms with van der Waals surface area (Å²) in [5.41, 5.74) is 1.31.